The highest BCUT2D eigenvalue weighted by Gasteiger charge is 2.38. The van der Waals surface area contributed by atoms with Gasteiger partial charge in [-0.2, -0.15) is 0 Å². The van der Waals surface area contributed by atoms with Gasteiger partial charge in [-0.05, 0) is 72.4 Å². The quantitative estimate of drug-likeness (QED) is 0.295. The first-order valence-corrected chi connectivity index (χ1v) is 13.0. The Hall–Kier alpha value is -1.67. The van der Waals surface area contributed by atoms with Crippen LogP contribution in [0.3, 0.4) is 0 Å². The molecule has 2 fully saturated rings. The first kappa shape index (κ1) is 23.1. The van der Waals surface area contributed by atoms with Crippen LogP contribution in [-0.2, 0) is 11.3 Å². The Morgan fingerprint density at radius 1 is 1.03 bits per heavy atom. The van der Waals surface area contributed by atoms with Crippen molar-refractivity contribution in [3.63, 3.8) is 0 Å². The number of aromatic nitrogens is 1. The maximum Gasteiger partial charge on any atom is 0.248 e. The van der Waals surface area contributed by atoms with Gasteiger partial charge in [0, 0.05) is 47.3 Å². The van der Waals surface area contributed by atoms with Crippen molar-refractivity contribution in [3.05, 3.63) is 62.9 Å². The SMILES string of the molecule is Cc1ccc2c(c(I)c(C3CCOCC3)n2C2CCC(F)(F)CC2)c1OCc1ccccc1. The second kappa shape index (κ2) is 9.53. The summed E-state index contributed by atoms with van der Waals surface area (Å²) in [7, 11) is 0. The number of ether oxygens (including phenoxy) is 2. The Labute approximate surface area is 207 Å². The minimum Gasteiger partial charge on any atom is -0.488 e. The number of hydrogen-bond acceptors (Lipinski definition) is 2. The van der Waals surface area contributed by atoms with Gasteiger partial charge in [-0.25, -0.2) is 8.78 Å². The number of halogens is 3. The number of alkyl halides is 2. The zero-order valence-corrected chi connectivity index (χ0v) is 21.1. The van der Waals surface area contributed by atoms with Crippen LogP contribution < -0.4 is 4.74 Å². The summed E-state index contributed by atoms with van der Waals surface area (Å²) in [6.07, 6.45) is 2.88. The molecule has 1 saturated heterocycles. The van der Waals surface area contributed by atoms with Gasteiger partial charge in [-0.3, -0.25) is 0 Å². The van der Waals surface area contributed by atoms with Gasteiger partial charge in [-0.1, -0.05) is 36.4 Å². The second-order valence-corrected chi connectivity index (χ2v) is 10.5. The van der Waals surface area contributed by atoms with Crippen LogP contribution in [0.25, 0.3) is 10.9 Å². The fourth-order valence-corrected chi connectivity index (χ4v) is 6.61. The van der Waals surface area contributed by atoms with E-state index < -0.39 is 5.92 Å². The van der Waals surface area contributed by atoms with E-state index in [1.165, 1.54) is 9.26 Å². The van der Waals surface area contributed by atoms with Crippen LogP contribution >= 0.6 is 22.6 Å². The fraction of sp³-hybridized carbons (Fsp3) is 0.481. The van der Waals surface area contributed by atoms with Crippen molar-refractivity contribution in [2.24, 2.45) is 0 Å². The third kappa shape index (κ3) is 4.65. The molecule has 2 aliphatic rings. The molecule has 0 bridgehead atoms. The first-order chi connectivity index (χ1) is 15.9. The van der Waals surface area contributed by atoms with E-state index in [9.17, 15) is 8.78 Å². The first-order valence-electron chi connectivity index (χ1n) is 11.9. The summed E-state index contributed by atoms with van der Waals surface area (Å²) < 4.78 is 43.7. The van der Waals surface area contributed by atoms with Crippen LogP contribution in [0.1, 0.15) is 67.3 Å². The molecule has 5 rings (SSSR count). The number of fused-ring (bicyclic) bond motifs is 1. The molecule has 3 nitrogen and oxygen atoms in total. The summed E-state index contributed by atoms with van der Waals surface area (Å²) >= 11 is 2.47. The molecule has 0 radical (unpaired) electrons. The van der Waals surface area contributed by atoms with Gasteiger partial charge in [0.15, 0.2) is 0 Å². The zero-order valence-electron chi connectivity index (χ0n) is 19.0. The van der Waals surface area contributed by atoms with E-state index >= 15 is 0 Å². The van der Waals surface area contributed by atoms with Gasteiger partial charge < -0.3 is 14.0 Å². The lowest BCUT2D eigenvalue weighted by Crippen LogP contribution is -2.28. The summed E-state index contributed by atoms with van der Waals surface area (Å²) in [4.78, 5) is 0. The standard InChI is InChI=1S/C27H30F2INO2/c1-18-7-8-22-23(26(18)33-17-19-5-3-2-4-6-19)24(30)25(20-11-15-32-16-12-20)31(22)21-9-13-27(28,29)14-10-21/h2-8,20-21H,9-17H2,1H3. The molecule has 1 aliphatic carbocycles. The number of nitrogens with zero attached hydrogens (tertiary/aromatic N) is 1. The molecular formula is C27H30F2INO2. The van der Waals surface area contributed by atoms with Gasteiger partial charge in [0.25, 0.3) is 0 Å². The average molecular weight is 565 g/mol. The molecule has 0 amide bonds. The molecule has 2 heterocycles. The predicted molar refractivity (Wildman–Crippen MR) is 135 cm³/mol. The Balaban J connectivity index is 1.61. The number of benzene rings is 2. The van der Waals surface area contributed by atoms with Crippen LogP contribution in [-0.4, -0.2) is 23.7 Å². The highest BCUT2D eigenvalue weighted by molar-refractivity contribution is 14.1. The average Bonchev–Trinajstić information content (AvgIpc) is 3.12. The molecular weight excluding hydrogens is 535 g/mol. The second-order valence-electron chi connectivity index (χ2n) is 9.42. The van der Waals surface area contributed by atoms with E-state index in [-0.39, 0.29) is 18.9 Å². The molecule has 2 aromatic carbocycles. The van der Waals surface area contributed by atoms with Crippen molar-refractivity contribution in [3.8, 4) is 5.75 Å². The lowest BCUT2D eigenvalue weighted by Gasteiger charge is -2.33. The number of hydrogen-bond donors (Lipinski definition) is 0. The van der Waals surface area contributed by atoms with Gasteiger partial charge in [0.1, 0.15) is 12.4 Å². The molecule has 1 aliphatic heterocycles. The van der Waals surface area contributed by atoms with E-state index in [0.29, 0.717) is 25.4 Å². The normalized spacial score (nSPS) is 19.8. The topological polar surface area (TPSA) is 23.4 Å². The molecule has 0 atom stereocenters. The smallest absolute Gasteiger partial charge is 0.248 e. The monoisotopic (exact) mass is 565 g/mol. The van der Waals surface area contributed by atoms with Crippen LogP contribution in [0.15, 0.2) is 42.5 Å². The summed E-state index contributed by atoms with van der Waals surface area (Å²) in [6.45, 7) is 4.09. The number of rotatable bonds is 5. The highest BCUT2D eigenvalue weighted by atomic mass is 127. The lowest BCUT2D eigenvalue weighted by atomic mass is 9.90. The third-order valence-corrected chi connectivity index (χ3v) is 8.27. The summed E-state index contributed by atoms with van der Waals surface area (Å²) in [5.41, 5.74) is 4.63. The molecule has 6 heteroatoms. The third-order valence-electron chi connectivity index (χ3n) is 7.18. The van der Waals surface area contributed by atoms with Crippen LogP contribution in [0.2, 0.25) is 0 Å². The van der Waals surface area contributed by atoms with Crippen molar-refractivity contribution < 1.29 is 18.3 Å². The minimum atomic E-state index is -2.54. The minimum absolute atomic E-state index is 0.0373. The summed E-state index contributed by atoms with van der Waals surface area (Å²) in [6, 6.07) is 14.6. The lowest BCUT2D eigenvalue weighted by molar-refractivity contribution is -0.0439. The Morgan fingerprint density at radius 2 is 1.73 bits per heavy atom. The Kier molecular flexibility index (Phi) is 6.67. The maximum absolute atomic E-state index is 14.0. The molecule has 1 saturated carbocycles. The van der Waals surface area contributed by atoms with Gasteiger partial charge in [0.05, 0.1) is 10.9 Å². The van der Waals surface area contributed by atoms with Gasteiger partial charge >= 0.3 is 0 Å². The van der Waals surface area contributed by atoms with Crippen molar-refractivity contribution in [2.45, 2.75) is 69.9 Å². The summed E-state index contributed by atoms with van der Waals surface area (Å²) in [5, 5.41) is 1.13. The van der Waals surface area contributed by atoms with Crippen LogP contribution in [0.4, 0.5) is 8.78 Å². The van der Waals surface area contributed by atoms with Crippen molar-refractivity contribution >= 4 is 33.5 Å². The molecule has 0 spiro atoms. The molecule has 3 aromatic rings. The van der Waals surface area contributed by atoms with E-state index in [0.717, 1.165) is 53.8 Å². The van der Waals surface area contributed by atoms with E-state index in [1.54, 1.807) is 0 Å². The van der Waals surface area contributed by atoms with Crippen molar-refractivity contribution in [1.82, 2.24) is 4.57 Å². The van der Waals surface area contributed by atoms with Crippen molar-refractivity contribution in [1.29, 1.82) is 0 Å². The molecule has 0 unspecified atom stereocenters. The molecule has 0 N–H and O–H groups in total. The number of aryl methyl sites for hydroxylation is 1. The summed E-state index contributed by atoms with van der Waals surface area (Å²) in [5.74, 6) is -1.25. The van der Waals surface area contributed by atoms with Crippen molar-refractivity contribution in [2.75, 3.05) is 13.2 Å². The zero-order chi connectivity index (χ0) is 23.0. The van der Waals surface area contributed by atoms with E-state index in [1.807, 2.05) is 18.2 Å². The molecule has 176 valence electrons. The predicted octanol–water partition coefficient (Wildman–Crippen LogP) is 7.78. The van der Waals surface area contributed by atoms with Crippen LogP contribution in [0.5, 0.6) is 5.75 Å². The Morgan fingerprint density at radius 3 is 2.42 bits per heavy atom. The fourth-order valence-electron chi connectivity index (χ4n) is 5.39. The van der Waals surface area contributed by atoms with E-state index in [4.69, 9.17) is 9.47 Å². The Bertz CT molecular complexity index is 1110. The molecule has 1 aromatic heterocycles. The molecule has 33 heavy (non-hydrogen) atoms. The largest absolute Gasteiger partial charge is 0.488 e. The van der Waals surface area contributed by atoms with Gasteiger partial charge in [0.2, 0.25) is 5.92 Å². The van der Waals surface area contributed by atoms with Gasteiger partial charge in [-0.15, -0.1) is 0 Å². The van der Waals surface area contributed by atoms with Crippen LogP contribution in [0, 0.1) is 10.5 Å². The maximum atomic E-state index is 14.0. The highest BCUT2D eigenvalue weighted by Crippen LogP contribution is 2.47. The van der Waals surface area contributed by atoms with E-state index in [2.05, 4.69) is 58.3 Å².